The maximum absolute atomic E-state index is 12.9. The topological polar surface area (TPSA) is 64.3 Å². The van der Waals surface area contributed by atoms with Gasteiger partial charge in [0.05, 0.1) is 11.5 Å². The summed E-state index contributed by atoms with van der Waals surface area (Å²) in [7, 11) is 0. The van der Waals surface area contributed by atoms with Crippen LogP contribution in [0.4, 0.5) is 0 Å². The fourth-order valence-electron chi connectivity index (χ4n) is 3.45. The summed E-state index contributed by atoms with van der Waals surface area (Å²) in [6, 6.07) is 19.5. The zero-order chi connectivity index (χ0) is 20.2. The van der Waals surface area contributed by atoms with Crippen molar-refractivity contribution in [3.8, 4) is 17.9 Å². The number of rotatable bonds is 2. The van der Waals surface area contributed by atoms with Crippen LogP contribution in [0.2, 0.25) is 0 Å². The summed E-state index contributed by atoms with van der Waals surface area (Å²) in [5.74, 6) is 5.63. The van der Waals surface area contributed by atoms with Crippen molar-refractivity contribution in [3.05, 3.63) is 71.3 Å². The maximum Gasteiger partial charge on any atom is 0.253 e. The minimum atomic E-state index is -1.08. The van der Waals surface area contributed by atoms with E-state index in [4.69, 9.17) is 0 Å². The van der Waals surface area contributed by atoms with Gasteiger partial charge in [0, 0.05) is 24.2 Å². The second-order valence-electron chi connectivity index (χ2n) is 7.74. The molecule has 1 saturated heterocycles. The lowest BCUT2D eigenvalue weighted by molar-refractivity contribution is 0.0692. The number of likely N-dealkylation sites (tertiary alicyclic amines) is 1. The molecule has 0 radical (unpaired) electrons. The van der Waals surface area contributed by atoms with Crippen molar-refractivity contribution in [2.45, 2.75) is 37.7 Å². The minimum absolute atomic E-state index is 0.0495. The molecule has 0 aromatic heterocycles. The molecule has 0 bridgehead atoms. The normalized spacial score (nSPS) is 15.9. The van der Waals surface area contributed by atoms with Crippen LogP contribution in [0.5, 0.6) is 0 Å². The lowest BCUT2D eigenvalue weighted by Gasteiger charge is -2.37. The number of nitrogens with zero attached hydrogens (tertiary/aromatic N) is 2. The summed E-state index contributed by atoms with van der Waals surface area (Å²) in [6.07, 6.45) is 1.24. The quantitative estimate of drug-likeness (QED) is 0.821. The molecule has 1 fully saturated rings. The molecular weight excluding hydrogens is 348 g/mol. The Morgan fingerprint density at radius 3 is 2.39 bits per heavy atom. The Kier molecular flexibility index (Phi) is 5.54. The fraction of sp³-hybridized carbons (Fsp3) is 0.333. The first kappa shape index (κ1) is 19.7. The molecule has 2 aromatic carbocycles. The summed E-state index contributed by atoms with van der Waals surface area (Å²) in [5, 5.41) is 19.6. The monoisotopic (exact) mass is 372 g/mol. The Bertz CT molecular complexity index is 948. The van der Waals surface area contributed by atoms with Gasteiger partial charge in [0.25, 0.3) is 5.91 Å². The Labute approximate surface area is 166 Å². The molecule has 1 aliphatic heterocycles. The summed E-state index contributed by atoms with van der Waals surface area (Å²) in [5.41, 5.74) is 0.684. The van der Waals surface area contributed by atoms with Crippen LogP contribution < -0.4 is 0 Å². The van der Waals surface area contributed by atoms with Crippen LogP contribution in [0.3, 0.4) is 0 Å². The predicted molar refractivity (Wildman–Crippen MR) is 108 cm³/mol. The average Bonchev–Trinajstić information content (AvgIpc) is 2.72. The van der Waals surface area contributed by atoms with E-state index in [2.05, 4.69) is 17.9 Å². The molecule has 4 heteroatoms. The number of benzene rings is 2. The molecule has 1 aliphatic rings. The Balaban J connectivity index is 1.74. The van der Waals surface area contributed by atoms with Gasteiger partial charge < -0.3 is 10.0 Å². The fourth-order valence-corrected chi connectivity index (χ4v) is 3.45. The maximum atomic E-state index is 12.9. The van der Waals surface area contributed by atoms with Crippen molar-refractivity contribution in [3.63, 3.8) is 0 Å². The highest BCUT2D eigenvalue weighted by Gasteiger charge is 2.37. The third kappa shape index (κ3) is 4.42. The largest absolute Gasteiger partial charge is 0.378 e. The molecule has 1 amide bonds. The number of amides is 1. The number of hydrogen-bond acceptors (Lipinski definition) is 3. The Morgan fingerprint density at radius 2 is 1.79 bits per heavy atom. The average molecular weight is 372 g/mol. The molecule has 142 valence electrons. The summed E-state index contributed by atoms with van der Waals surface area (Å²) in [4.78, 5) is 14.7. The first-order chi connectivity index (χ1) is 13.3. The summed E-state index contributed by atoms with van der Waals surface area (Å²) >= 11 is 0. The van der Waals surface area contributed by atoms with Crippen molar-refractivity contribution in [2.24, 2.45) is 0 Å². The van der Waals surface area contributed by atoms with Crippen LogP contribution in [0, 0.1) is 23.2 Å². The molecule has 0 saturated carbocycles. The Hall–Kier alpha value is -3.08. The van der Waals surface area contributed by atoms with E-state index in [0.717, 1.165) is 5.56 Å². The lowest BCUT2D eigenvalue weighted by atomic mass is 9.74. The van der Waals surface area contributed by atoms with Crippen LogP contribution in [-0.2, 0) is 5.41 Å². The highest BCUT2D eigenvalue weighted by Crippen LogP contribution is 2.35. The van der Waals surface area contributed by atoms with Gasteiger partial charge in [-0.2, -0.15) is 5.26 Å². The molecule has 0 spiro atoms. The smallest absolute Gasteiger partial charge is 0.253 e. The van der Waals surface area contributed by atoms with E-state index in [1.165, 1.54) is 0 Å². The molecule has 4 nitrogen and oxygen atoms in total. The van der Waals surface area contributed by atoms with Crippen molar-refractivity contribution in [1.82, 2.24) is 4.90 Å². The van der Waals surface area contributed by atoms with E-state index in [9.17, 15) is 15.2 Å². The molecule has 0 aliphatic carbocycles. The van der Waals surface area contributed by atoms with Crippen LogP contribution in [0.1, 0.15) is 48.2 Å². The van der Waals surface area contributed by atoms with Crippen molar-refractivity contribution < 1.29 is 9.90 Å². The van der Waals surface area contributed by atoms with Gasteiger partial charge in [-0.15, -0.1) is 0 Å². The minimum Gasteiger partial charge on any atom is -0.378 e. The van der Waals surface area contributed by atoms with E-state index in [0.29, 0.717) is 37.1 Å². The number of carbonyl (C=O) groups excluding carboxylic acids is 1. The SMILES string of the molecule is CC(C)(O)C#Cc1cccc(C(=O)N2CCC(C#N)(c3ccccc3)CC2)c1. The van der Waals surface area contributed by atoms with Crippen LogP contribution in [-0.4, -0.2) is 34.6 Å². The van der Waals surface area contributed by atoms with Crippen LogP contribution >= 0.6 is 0 Å². The van der Waals surface area contributed by atoms with Crippen molar-refractivity contribution in [1.29, 1.82) is 5.26 Å². The second-order valence-corrected chi connectivity index (χ2v) is 7.74. The molecule has 1 heterocycles. The van der Waals surface area contributed by atoms with E-state index in [1.54, 1.807) is 36.9 Å². The highest BCUT2D eigenvalue weighted by molar-refractivity contribution is 5.94. The molecular formula is C24H24N2O2. The third-order valence-corrected chi connectivity index (χ3v) is 5.07. The van der Waals surface area contributed by atoms with Gasteiger partial charge in [-0.3, -0.25) is 4.79 Å². The Morgan fingerprint density at radius 1 is 1.11 bits per heavy atom. The second kappa shape index (κ2) is 7.89. The summed E-state index contributed by atoms with van der Waals surface area (Å²) < 4.78 is 0. The lowest BCUT2D eigenvalue weighted by Crippen LogP contribution is -2.44. The third-order valence-electron chi connectivity index (χ3n) is 5.07. The van der Waals surface area contributed by atoms with E-state index in [-0.39, 0.29) is 5.91 Å². The van der Waals surface area contributed by atoms with Gasteiger partial charge in [-0.1, -0.05) is 48.2 Å². The molecule has 0 unspecified atom stereocenters. The van der Waals surface area contributed by atoms with Gasteiger partial charge >= 0.3 is 0 Å². The van der Waals surface area contributed by atoms with Gasteiger partial charge in [-0.25, -0.2) is 0 Å². The first-order valence-electron chi connectivity index (χ1n) is 9.45. The number of aliphatic hydroxyl groups is 1. The van der Waals surface area contributed by atoms with Gasteiger partial charge in [-0.05, 0) is 50.5 Å². The number of hydrogen-bond donors (Lipinski definition) is 1. The van der Waals surface area contributed by atoms with Crippen molar-refractivity contribution >= 4 is 5.91 Å². The highest BCUT2D eigenvalue weighted by atomic mass is 16.3. The van der Waals surface area contributed by atoms with E-state index >= 15 is 0 Å². The molecule has 3 rings (SSSR count). The standard InChI is InChI=1S/C24H24N2O2/c1-23(2,28)12-11-19-7-6-8-20(17-19)22(27)26-15-13-24(18-25,14-16-26)21-9-4-3-5-10-21/h3-10,17,28H,13-16H2,1-2H3. The van der Waals surface area contributed by atoms with E-state index in [1.807, 2.05) is 36.4 Å². The molecule has 1 N–H and O–H groups in total. The predicted octanol–water partition coefficient (Wildman–Crippen LogP) is 3.51. The zero-order valence-corrected chi connectivity index (χ0v) is 16.3. The molecule has 0 atom stereocenters. The number of nitriles is 1. The van der Waals surface area contributed by atoms with Crippen LogP contribution in [0.15, 0.2) is 54.6 Å². The van der Waals surface area contributed by atoms with Crippen molar-refractivity contribution in [2.75, 3.05) is 13.1 Å². The first-order valence-corrected chi connectivity index (χ1v) is 9.45. The van der Waals surface area contributed by atoms with Crippen LogP contribution in [0.25, 0.3) is 0 Å². The van der Waals surface area contributed by atoms with Gasteiger partial charge in [0.2, 0.25) is 0 Å². The summed E-state index contributed by atoms with van der Waals surface area (Å²) in [6.45, 7) is 4.33. The molecule has 2 aromatic rings. The van der Waals surface area contributed by atoms with E-state index < -0.39 is 11.0 Å². The molecule has 28 heavy (non-hydrogen) atoms. The van der Waals surface area contributed by atoms with Gasteiger partial charge in [0.15, 0.2) is 0 Å². The van der Waals surface area contributed by atoms with Gasteiger partial charge in [0.1, 0.15) is 5.60 Å². The number of piperidine rings is 1. The zero-order valence-electron chi connectivity index (χ0n) is 16.3. The number of carbonyl (C=O) groups is 1.